The highest BCUT2D eigenvalue weighted by molar-refractivity contribution is 5.92. The lowest BCUT2D eigenvalue weighted by molar-refractivity contribution is -0.142. The first-order valence-corrected chi connectivity index (χ1v) is 10.2. The smallest absolute Gasteiger partial charge is 0.343 e. The number of esters is 1. The minimum atomic E-state index is -0.397. The van der Waals surface area contributed by atoms with Crippen LogP contribution in [0.15, 0.2) is 36.4 Å². The summed E-state index contributed by atoms with van der Waals surface area (Å²) in [6.07, 6.45) is 3.17. The number of benzene rings is 2. The summed E-state index contributed by atoms with van der Waals surface area (Å²) in [6.45, 7) is 6.63. The molecule has 4 nitrogen and oxygen atoms in total. The Morgan fingerprint density at radius 3 is 2.55 bits per heavy atom. The SMILES string of the molecule is CC.COC(=O)COc1cc2c(c3c1cc(C)n3Cc1ccc(F)cc1)CCC2. The average molecular weight is 397 g/mol. The van der Waals surface area contributed by atoms with Crippen molar-refractivity contribution in [2.45, 2.75) is 46.6 Å². The van der Waals surface area contributed by atoms with E-state index in [1.165, 1.54) is 30.4 Å². The minimum Gasteiger partial charge on any atom is -0.481 e. The fraction of sp³-hybridized carbons (Fsp3) is 0.375. The molecule has 0 unspecified atom stereocenters. The van der Waals surface area contributed by atoms with Crippen molar-refractivity contribution < 1.29 is 18.7 Å². The molecule has 0 amide bonds. The van der Waals surface area contributed by atoms with Crippen LogP contribution in [0.4, 0.5) is 4.39 Å². The van der Waals surface area contributed by atoms with Crippen LogP contribution in [0.3, 0.4) is 0 Å². The van der Waals surface area contributed by atoms with E-state index < -0.39 is 5.97 Å². The van der Waals surface area contributed by atoms with Crippen LogP contribution in [0.25, 0.3) is 10.9 Å². The van der Waals surface area contributed by atoms with Crippen molar-refractivity contribution >= 4 is 16.9 Å². The van der Waals surface area contributed by atoms with Gasteiger partial charge in [0, 0.05) is 17.6 Å². The number of methoxy groups -OCH3 is 1. The topological polar surface area (TPSA) is 40.5 Å². The Labute approximate surface area is 171 Å². The van der Waals surface area contributed by atoms with Crippen LogP contribution < -0.4 is 4.74 Å². The molecule has 1 heterocycles. The fourth-order valence-corrected chi connectivity index (χ4v) is 3.91. The first-order chi connectivity index (χ1) is 14.1. The van der Waals surface area contributed by atoms with Crippen LogP contribution in [0.5, 0.6) is 5.75 Å². The third kappa shape index (κ3) is 4.29. The number of carbonyl (C=O) groups is 1. The predicted octanol–water partition coefficient (Wildman–Crippen LogP) is 5.20. The standard InChI is InChI=1S/C22H22FNO3.C2H6/c1-14-10-19-20(27-13-21(25)26-2)11-16-4-3-5-18(16)22(19)24(14)12-15-6-8-17(23)9-7-15;1-2/h6-11H,3-5,12-13H2,1-2H3;1-2H3. The van der Waals surface area contributed by atoms with Crippen molar-refractivity contribution in [1.82, 2.24) is 4.57 Å². The predicted molar refractivity (Wildman–Crippen MR) is 113 cm³/mol. The van der Waals surface area contributed by atoms with E-state index in [2.05, 4.69) is 23.6 Å². The zero-order valence-corrected chi connectivity index (χ0v) is 17.5. The summed E-state index contributed by atoms with van der Waals surface area (Å²) in [6, 6.07) is 10.8. The summed E-state index contributed by atoms with van der Waals surface area (Å²) in [5.41, 5.74) is 5.94. The molecule has 2 aromatic carbocycles. The number of fused-ring (bicyclic) bond motifs is 3. The van der Waals surface area contributed by atoms with Gasteiger partial charge < -0.3 is 14.0 Å². The lowest BCUT2D eigenvalue weighted by atomic mass is 10.1. The average Bonchev–Trinajstić information content (AvgIpc) is 3.33. The van der Waals surface area contributed by atoms with Crippen LogP contribution in [0, 0.1) is 12.7 Å². The molecule has 0 fully saturated rings. The highest BCUT2D eigenvalue weighted by Gasteiger charge is 2.22. The lowest BCUT2D eigenvalue weighted by Crippen LogP contribution is -2.13. The number of hydrogen-bond acceptors (Lipinski definition) is 3. The zero-order valence-electron chi connectivity index (χ0n) is 17.5. The molecular weight excluding hydrogens is 369 g/mol. The zero-order chi connectivity index (χ0) is 21.0. The first kappa shape index (κ1) is 20.9. The number of aryl methyl sites for hydroxylation is 3. The largest absolute Gasteiger partial charge is 0.481 e. The van der Waals surface area contributed by atoms with Crippen LogP contribution in [-0.2, 0) is 28.9 Å². The maximum atomic E-state index is 13.2. The van der Waals surface area contributed by atoms with Gasteiger partial charge in [-0.1, -0.05) is 26.0 Å². The quantitative estimate of drug-likeness (QED) is 0.555. The molecule has 1 aliphatic carbocycles. The number of carbonyl (C=O) groups excluding carboxylic acids is 1. The third-order valence-electron chi connectivity index (χ3n) is 5.25. The summed E-state index contributed by atoms with van der Waals surface area (Å²) >= 11 is 0. The first-order valence-electron chi connectivity index (χ1n) is 10.2. The van der Waals surface area contributed by atoms with Crippen LogP contribution in [0.2, 0.25) is 0 Å². The van der Waals surface area contributed by atoms with Crippen molar-refractivity contribution in [3.05, 3.63) is 64.6 Å². The number of ether oxygens (including phenoxy) is 2. The van der Waals surface area contributed by atoms with E-state index in [0.717, 1.165) is 47.2 Å². The Kier molecular flexibility index (Phi) is 6.57. The van der Waals surface area contributed by atoms with Crippen LogP contribution >= 0.6 is 0 Å². The molecule has 1 aromatic heterocycles. The molecule has 0 radical (unpaired) electrons. The normalized spacial score (nSPS) is 12.3. The number of halogens is 1. The van der Waals surface area contributed by atoms with E-state index >= 15 is 0 Å². The van der Waals surface area contributed by atoms with E-state index in [1.54, 1.807) is 0 Å². The van der Waals surface area contributed by atoms with Gasteiger partial charge in [0.25, 0.3) is 0 Å². The summed E-state index contributed by atoms with van der Waals surface area (Å²) in [4.78, 5) is 11.5. The molecule has 1 aliphatic rings. The van der Waals surface area contributed by atoms with E-state index in [9.17, 15) is 9.18 Å². The molecule has 0 saturated heterocycles. The Hall–Kier alpha value is -2.82. The molecule has 5 heteroatoms. The summed E-state index contributed by atoms with van der Waals surface area (Å²) < 4.78 is 26.0. The Balaban J connectivity index is 0.00000117. The fourth-order valence-electron chi connectivity index (χ4n) is 3.91. The summed E-state index contributed by atoms with van der Waals surface area (Å²) in [7, 11) is 1.35. The van der Waals surface area contributed by atoms with Gasteiger partial charge in [-0.15, -0.1) is 0 Å². The van der Waals surface area contributed by atoms with Gasteiger partial charge in [0.15, 0.2) is 6.61 Å². The van der Waals surface area contributed by atoms with E-state index in [-0.39, 0.29) is 12.4 Å². The Morgan fingerprint density at radius 1 is 1.14 bits per heavy atom. The maximum absolute atomic E-state index is 13.2. The highest BCUT2D eigenvalue weighted by atomic mass is 19.1. The molecule has 0 bridgehead atoms. The molecular formula is C24H28FNO3. The molecule has 4 rings (SSSR count). The molecule has 29 heavy (non-hydrogen) atoms. The monoisotopic (exact) mass is 397 g/mol. The van der Waals surface area contributed by atoms with Gasteiger partial charge in [0.2, 0.25) is 0 Å². The molecule has 0 aliphatic heterocycles. The second-order valence-electron chi connectivity index (χ2n) is 6.99. The van der Waals surface area contributed by atoms with Gasteiger partial charge in [0.1, 0.15) is 11.6 Å². The van der Waals surface area contributed by atoms with Crippen molar-refractivity contribution in [2.75, 3.05) is 13.7 Å². The van der Waals surface area contributed by atoms with E-state index in [4.69, 9.17) is 9.47 Å². The van der Waals surface area contributed by atoms with Gasteiger partial charge in [-0.2, -0.15) is 0 Å². The number of nitrogens with zero attached hydrogens (tertiary/aromatic N) is 1. The Bertz CT molecular complexity index is 1010. The highest BCUT2D eigenvalue weighted by Crippen LogP contribution is 2.38. The van der Waals surface area contributed by atoms with Crippen molar-refractivity contribution in [3.8, 4) is 5.75 Å². The van der Waals surface area contributed by atoms with Gasteiger partial charge in [0.05, 0.1) is 12.6 Å². The second-order valence-corrected chi connectivity index (χ2v) is 6.99. The van der Waals surface area contributed by atoms with Gasteiger partial charge >= 0.3 is 5.97 Å². The Morgan fingerprint density at radius 2 is 1.86 bits per heavy atom. The number of hydrogen-bond donors (Lipinski definition) is 0. The van der Waals surface area contributed by atoms with E-state index in [1.807, 2.05) is 26.0 Å². The molecule has 0 N–H and O–H groups in total. The second kappa shape index (κ2) is 9.12. The molecule has 0 atom stereocenters. The van der Waals surface area contributed by atoms with Gasteiger partial charge in [-0.05, 0) is 67.1 Å². The molecule has 3 aromatic rings. The van der Waals surface area contributed by atoms with E-state index in [0.29, 0.717) is 6.54 Å². The maximum Gasteiger partial charge on any atom is 0.343 e. The van der Waals surface area contributed by atoms with Crippen molar-refractivity contribution in [1.29, 1.82) is 0 Å². The minimum absolute atomic E-state index is 0.105. The van der Waals surface area contributed by atoms with Crippen molar-refractivity contribution in [3.63, 3.8) is 0 Å². The van der Waals surface area contributed by atoms with Crippen LogP contribution in [-0.4, -0.2) is 24.3 Å². The van der Waals surface area contributed by atoms with Gasteiger partial charge in [-0.3, -0.25) is 0 Å². The molecule has 0 saturated carbocycles. The van der Waals surface area contributed by atoms with Crippen molar-refractivity contribution in [2.24, 2.45) is 0 Å². The molecule has 154 valence electrons. The van der Waals surface area contributed by atoms with Crippen LogP contribution in [0.1, 0.15) is 42.7 Å². The lowest BCUT2D eigenvalue weighted by Gasteiger charge is -2.14. The summed E-state index contributed by atoms with van der Waals surface area (Å²) in [5.74, 6) is 0.0929. The molecule has 0 spiro atoms. The third-order valence-corrected chi connectivity index (χ3v) is 5.25. The summed E-state index contributed by atoms with van der Waals surface area (Å²) in [5, 5.41) is 1.01. The van der Waals surface area contributed by atoms with Gasteiger partial charge in [-0.25, -0.2) is 9.18 Å². The number of rotatable bonds is 5. The number of aromatic nitrogens is 1.